The fourth-order valence-electron chi connectivity index (χ4n) is 2.47. The molecule has 0 saturated heterocycles. The largest absolute Gasteiger partial charge is 0.477 e. The van der Waals surface area contributed by atoms with Gasteiger partial charge >= 0.3 is 5.97 Å². The molecule has 88 valence electrons. The molecule has 1 N–H and O–H groups in total. The second kappa shape index (κ2) is 4.68. The van der Waals surface area contributed by atoms with Gasteiger partial charge in [0.05, 0.1) is 5.69 Å². The minimum Gasteiger partial charge on any atom is -0.477 e. The summed E-state index contributed by atoms with van der Waals surface area (Å²) >= 11 is 0. The maximum absolute atomic E-state index is 11.1. The van der Waals surface area contributed by atoms with Gasteiger partial charge in [0.1, 0.15) is 5.56 Å². The molecule has 1 aliphatic carbocycles. The molecule has 0 spiro atoms. The molecule has 1 fully saturated rings. The summed E-state index contributed by atoms with van der Waals surface area (Å²) in [7, 11) is 0. The molecule has 16 heavy (non-hydrogen) atoms. The van der Waals surface area contributed by atoms with Crippen LogP contribution in [0, 0.1) is 6.92 Å². The minimum absolute atomic E-state index is 0.245. The van der Waals surface area contributed by atoms with Gasteiger partial charge in [-0.25, -0.2) is 4.79 Å². The lowest BCUT2D eigenvalue weighted by atomic mass is 9.94. The predicted molar refractivity (Wildman–Crippen MR) is 58.6 cm³/mol. The molecule has 0 unspecified atom stereocenters. The van der Waals surface area contributed by atoms with Crippen molar-refractivity contribution in [1.82, 2.24) is 5.16 Å². The summed E-state index contributed by atoms with van der Waals surface area (Å²) in [6.07, 6.45) is 6.84. The van der Waals surface area contributed by atoms with E-state index in [1.807, 2.05) is 0 Å². The number of rotatable bonds is 2. The van der Waals surface area contributed by atoms with Gasteiger partial charge in [-0.2, -0.15) is 0 Å². The maximum Gasteiger partial charge on any atom is 0.341 e. The zero-order valence-corrected chi connectivity index (χ0v) is 9.53. The number of nitrogens with zero attached hydrogens (tertiary/aromatic N) is 1. The molecule has 1 saturated carbocycles. The van der Waals surface area contributed by atoms with E-state index in [4.69, 9.17) is 9.63 Å². The Balaban J connectivity index is 2.27. The van der Waals surface area contributed by atoms with Crippen molar-refractivity contribution in [3.8, 4) is 0 Å². The highest BCUT2D eigenvalue weighted by atomic mass is 16.5. The average Bonchev–Trinajstić information content (AvgIpc) is 2.50. The van der Waals surface area contributed by atoms with E-state index in [9.17, 15) is 4.79 Å². The van der Waals surface area contributed by atoms with Crippen molar-refractivity contribution in [1.29, 1.82) is 0 Å². The van der Waals surface area contributed by atoms with Crippen LogP contribution < -0.4 is 0 Å². The van der Waals surface area contributed by atoms with Crippen molar-refractivity contribution in [2.75, 3.05) is 0 Å². The lowest BCUT2D eigenvalue weighted by molar-refractivity contribution is 0.0692. The summed E-state index contributed by atoms with van der Waals surface area (Å²) in [5.74, 6) is -0.0836. The van der Waals surface area contributed by atoms with E-state index in [-0.39, 0.29) is 11.5 Å². The van der Waals surface area contributed by atoms with Gasteiger partial charge in [-0.05, 0) is 19.8 Å². The molecule has 0 bridgehead atoms. The summed E-state index contributed by atoms with van der Waals surface area (Å²) in [5, 5.41) is 12.9. The van der Waals surface area contributed by atoms with Gasteiger partial charge in [0.2, 0.25) is 0 Å². The van der Waals surface area contributed by atoms with Gasteiger partial charge in [0.25, 0.3) is 0 Å². The number of aryl methyl sites for hydroxylation is 1. The highest BCUT2D eigenvalue weighted by Gasteiger charge is 2.27. The van der Waals surface area contributed by atoms with Gasteiger partial charge in [0.15, 0.2) is 5.76 Å². The summed E-state index contributed by atoms with van der Waals surface area (Å²) in [5.41, 5.74) is 0.777. The highest BCUT2D eigenvalue weighted by Crippen LogP contribution is 2.34. The van der Waals surface area contributed by atoms with E-state index in [1.54, 1.807) is 6.92 Å². The Morgan fingerprint density at radius 1 is 1.31 bits per heavy atom. The van der Waals surface area contributed by atoms with E-state index in [1.165, 1.54) is 12.8 Å². The molecule has 4 nitrogen and oxygen atoms in total. The zero-order chi connectivity index (χ0) is 11.5. The molecule has 1 aliphatic rings. The second-order valence-corrected chi connectivity index (χ2v) is 4.50. The lowest BCUT2D eigenvalue weighted by Gasteiger charge is -2.10. The predicted octanol–water partition coefficient (Wildman–Crippen LogP) is 3.12. The highest BCUT2D eigenvalue weighted by molar-refractivity contribution is 5.90. The van der Waals surface area contributed by atoms with Crippen molar-refractivity contribution in [3.05, 3.63) is 17.0 Å². The SMILES string of the molecule is Cc1noc(C2CCCCCC2)c1C(=O)O. The molecule has 1 heterocycles. The Labute approximate surface area is 94.6 Å². The van der Waals surface area contributed by atoms with Gasteiger partial charge in [-0.1, -0.05) is 30.8 Å². The van der Waals surface area contributed by atoms with E-state index in [2.05, 4.69) is 5.16 Å². The number of hydrogen-bond donors (Lipinski definition) is 1. The van der Waals surface area contributed by atoms with Crippen LogP contribution in [0.5, 0.6) is 0 Å². The van der Waals surface area contributed by atoms with Gasteiger partial charge in [-0.15, -0.1) is 0 Å². The minimum atomic E-state index is -0.919. The summed E-state index contributed by atoms with van der Waals surface area (Å²) in [6, 6.07) is 0. The van der Waals surface area contributed by atoms with Crippen LogP contribution in [0.3, 0.4) is 0 Å². The molecule has 1 aromatic rings. The molecule has 0 radical (unpaired) electrons. The number of hydrogen-bond acceptors (Lipinski definition) is 3. The van der Waals surface area contributed by atoms with E-state index < -0.39 is 5.97 Å². The number of carboxylic acids is 1. The van der Waals surface area contributed by atoms with Crippen LogP contribution in [-0.2, 0) is 0 Å². The van der Waals surface area contributed by atoms with Crippen LogP contribution in [0.1, 0.15) is 66.3 Å². The first-order valence-corrected chi connectivity index (χ1v) is 5.89. The Hall–Kier alpha value is -1.32. The normalized spacial score (nSPS) is 18.3. The first kappa shape index (κ1) is 11.2. The third kappa shape index (κ3) is 2.10. The topological polar surface area (TPSA) is 63.3 Å². The molecular formula is C12H17NO3. The molecule has 2 rings (SSSR count). The van der Waals surface area contributed by atoms with Crippen LogP contribution in [0.25, 0.3) is 0 Å². The van der Waals surface area contributed by atoms with Crippen LogP contribution in [0.2, 0.25) is 0 Å². The van der Waals surface area contributed by atoms with Crippen LogP contribution in [0.4, 0.5) is 0 Å². The molecule has 0 atom stereocenters. The molecule has 4 heteroatoms. The van der Waals surface area contributed by atoms with Crippen LogP contribution in [-0.4, -0.2) is 16.2 Å². The standard InChI is InChI=1S/C12H17NO3/c1-8-10(12(14)15)11(16-13-8)9-6-4-2-3-5-7-9/h9H,2-7H2,1H3,(H,14,15). The Kier molecular flexibility index (Phi) is 3.27. The van der Waals surface area contributed by atoms with Gasteiger partial charge in [-0.3, -0.25) is 0 Å². The van der Waals surface area contributed by atoms with Gasteiger partial charge < -0.3 is 9.63 Å². The van der Waals surface area contributed by atoms with E-state index in [0.717, 1.165) is 25.7 Å². The smallest absolute Gasteiger partial charge is 0.341 e. The molecular weight excluding hydrogens is 206 g/mol. The number of aromatic carboxylic acids is 1. The number of carboxylic acid groups (broad SMARTS) is 1. The van der Waals surface area contributed by atoms with Crippen molar-refractivity contribution >= 4 is 5.97 Å². The first-order valence-electron chi connectivity index (χ1n) is 5.89. The number of carbonyl (C=O) groups is 1. The fourth-order valence-corrected chi connectivity index (χ4v) is 2.47. The summed E-state index contributed by atoms with van der Waals surface area (Å²) < 4.78 is 5.22. The summed E-state index contributed by atoms with van der Waals surface area (Å²) in [6.45, 7) is 1.69. The van der Waals surface area contributed by atoms with Crippen LogP contribution in [0.15, 0.2) is 4.52 Å². The Morgan fingerprint density at radius 3 is 2.50 bits per heavy atom. The van der Waals surface area contributed by atoms with Crippen molar-refractivity contribution in [2.24, 2.45) is 0 Å². The third-order valence-electron chi connectivity index (χ3n) is 3.33. The van der Waals surface area contributed by atoms with Gasteiger partial charge in [0, 0.05) is 5.92 Å². The lowest BCUT2D eigenvalue weighted by Crippen LogP contribution is -2.05. The first-order chi connectivity index (χ1) is 7.70. The van der Waals surface area contributed by atoms with E-state index in [0.29, 0.717) is 11.5 Å². The Bertz CT molecular complexity index is 376. The quantitative estimate of drug-likeness (QED) is 0.782. The van der Waals surface area contributed by atoms with Crippen molar-refractivity contribution < 1.29 is 14.4 Å². The molecule has 0 aromatic carbocycles. The zero-order valence-electron chi connectivity index (χ0n) is 9.53. The van der Waals surface area contributed by atoms with E-state index >= 15 is 0 Å². The molecule has 0 aliphatic heterocycles. The van der Waals surface area contributed by atoms with Crippen molar-refractivity contribution in [2.45, 2.75) is 51.4 Å². The van der Waals surface area contributed by atoms with Crippen LogP contribution >= 0.6 is 0 Å². The molecule has 1 aromatic heterocycles. The maximum atomic E-state index is 11.1. The van der Waals surface area contributed by atoms with Crippen molar-refractivity contribution in [3.63, 3.8) is 0 Å². The third-order valence-corrected chi connectivity index (χ3v) is 3.33. The average molecular weight is 223 g/mol. The molecule has 0 amide bonds. The fraction of sp³-hybridized carbons (Fsp3) is 0.667. The number of aromatic nitrogens is 1. The second-order valence-electron chi connectivity index (χ2n) is 4.50. The monoisotopic (exact) mass is 223 g/mol. The summed E-state index contributed by atoms with van der Waals surface area (Å²) in [4.78, 5) is 11.1. The Morgan fingerprint density at radius 2 is 1.94 bits per heavy atom.